The molecule has 1 aromatic carbocycles. The number of aryl methyl sites for hydroxylation is 1. The van der Waals surface area contributed by atoms with Gasteiger partial charge in [-0.3, -0.25) is 0 Å². The van der Waals surface area contributed by atoms with Crippen molar-refractivity contribution in [1.82, 2.24) is 25.4 Å². The Balaban J connectivity index is 1.69. The Morgan fingerprint density at radius 2 is 2.12 bits per heavy atom. The first-order chi connectivity index (χ1) is 12.6. The van der Waals surface area contributed by atoms with Crippen molar-refractivity contribution in [3.05, 3.63) is 59.9 Å². The third-order valence-electron chi connectivity index (χ3n) is 4.87. The predicted octanol–water partition coefficient (Wildman–Crippen LogP) is 2.22. The normalized spacial score (nSPS) is 15.6. The highest BCUT2D eigenvalue weighted by atomic mass is 19.1. The SMILES string of the molecule is C=CCNC(=NCc1nnc(C)n1C)NCC1(c2ccccc2F)CC1. The van der Waals surface area contributed by atoms with Gasteiger partial charge in [0.25, 0.3) is 0 Å². The van der Waals surface area contributed by atoms with E-state index >= 15 is 0 Å². The number of aromatic nitrogens is 3. The average molecular weight is 356 g/mol. The van der Waals surface area contributed by atoms with Crippen molar-refractivity contribution in [2.45, 2.75) is 31.7 Å². The Hall–Kier alpha value is -2.70. The van der Waals surface area contributed by atoms with Crippen molar-refractivity contribution >= 4 is 5.96 Å². The monoisotopic (exact) mass is 356 g/mol. The van der Waals surface area contributed by atoms with E-state index in [4.69, 9.17) is 0 Å². The van der Waals surface area contributed by atoms with Crippen LogP contribution in [0.1, 0.15) is 30.1 Å². The molecule has 1 aliphatic rings. The van der Waals surface area contributed by atoms with Crippen molar-refractivity contribution in [3.63, 3.8) is 0 Å². The molecule has 3 rings (SSSR count). The fourth-order valence-corrected chi connectivity index (χ4v) is 2.92. The summed E-state index contributed by atoms with van der Waals surface area (Å²) in [5.41, 5.74) is 0.628. The number of hydrogen-bond acceptors (Lipinski definition) is 3. The number of halogens is 1. The smallest absolute Gasteiger partial charge is 0.191 e. The Morgan fingerprint density at radius 3 is 2.73 bits per heavy atom. The zero-order valence-corrected chi connectivity index (χ0v) is 15.3. The summed E-state index contributed by atoms with van der Waals surface area (Å²) in [6.45, 7) is 7.27. The van der Waals surface area contributed by atoms with E-state index in [9.17, 15) is 4.39 Å². The van der Waals surface area contributed by atoms with E-state index in [1.165, 1.54) is 6.07 Å². The van der Waals surface area contributed by atoms with Gasteiger partial charge in [0.15, 0.2) is 11.8 Å². The van der Waals surface area contributed by atoms with Crippen LogP contribution in [0.2, 0.25) is 0 Å². The summed E-state index contributed by atoms with van der Waals surface area (Å²) < 4.78 is 16.1. The summed E-state index contributed by atoms with van der Waals surface area (Å²) in [6.07, 6.45) is 3.71. The summed E-state index contributed by atoms with van der Waals surface area (Å²) in [5, 5.41) is 14.7. The van der Waals surface area contributed by atoms with Crippen molar-refractivity contribution in [2.75, 3.05) is 13.1 Å². The summed E-state index contributed by atoms with van der Waals surface area (Å²) in [6, 6.07) is 7.01. The van der Waals surface area contributed by atoms with Gasteiger partial charge in [-0.25, -0.2) is 9.38 Å². The van der Waals surface area contributed by atoms with Crippen LogP contribution in [-0.4, -0.2) is 33.8 Å². The fraction of sp³-hybridized carbons (Fsp3) is 0.421. The molecule has 0 unspecified atom stereocenters. The van der Waals surface area contributed by atoms with E-state index in [0.29, 0.717) is 25.6 Å². The summed E-state index contributed by atoms with van der Waals surface area (Å²) in [4.78, 5) is 4.58. The molecule has 0 spiro atoms. The average Bonchev–Trinajstić information content (AvgIpc) is 3.36. The molecule has 0 radical (unpaired) electrons. The van der Waals surface area contributed by atoms with Gasteiger partial charge in [-0.15, -0.1) is 16.8 Å². The minimum atomic E-state index is -0.149. The molecule has 0 atom stereocenters. The van der Waals surface area contributed by atoms with E-state index < -0.39 is 0 Å². The second kappa shape index (κ2) is 7.68. The molecule has 1 heterocycles. The van der Waals surface area contributed by atoms with Crippen LogP contribution in [0.4, 0.5) is 4.39 Å². The maximum Gasteiger partial charge on any atom is 0.191 e. The van der Waals surface area contributed by atoms with Crippen LogP contribution in [0.25, 0.3) is 0 Å². The van der Waals surface area contributed by atoms with Gasteiger partial charge in [-0.2, -0.15) is 0 Å². The Morgan fingerprint density at radius 1 is 1.35 bits per heavy atom. The van der Waals surface area contributed by atoms with Gasteiger partial charge in [0.1, 0.15) is 18.2 Å². The molecule has 138 valence electrons. The van der Waals surface area contributed by atoms with Crippen LogP contribution in [0.5, 0.6) is 0 Å². The van der Waals surface area contributed by atoms with Crippen LogP contribution in [0.15, 0.2) is 41.9 Å². The molecule has 26 heavy (non-hydrogen) atoms. The maximum absolute atomic E-state index is 14.2. The van der Waals surface area contributed by atoms with Crippen molar-refractivity contribution < 1.29 is 4.39 Å². The lowest BCUT2D eigenvalue weighted by Gasteiger charge is -2.19. The van der Waals surface area contributed by atoms with Gasteiger partial charge in [-0.1, -0.05) is 24.3 Å². The van der Waals surface area contributed by atoms with Gasteiger partial charge >= 0.3 is 0 Å². The highest BCUT2D eigenvalue weighted by Gasteiger charge is 2.45. The third-order valence-corrected chi connectivity index (χ3v) is 4.87. The number of nitrogens with one attached hydrogen (secondary N) is 2. The van der Waals surface area contributed by atoms with Gasteiger partial charge in [-0.05, 0) is 31.4 Å². The molecule has 6 nitrogen and oxygen atoms in total. The van der Waals surface area contributed by atoms with Gasteiger partial charge < -0.3 is 15.2 Å². The standard InChI is InChI=1S/C19H25FN6/c1-4-11-21-18(22-12-17-25-24-14(2)26(17)3)23-13-19(9-10-19)15-7-5-6-8-16(15)20/h4-8H,1,9-13H2,2-3H3,(H2,21,22,23). The number of benzene rings is 1. The van der Waals surface area contributed by atoms with Crippen molar-refractivity contribution in [1.29, 1.82) is 0 Å². The largest absolute Gasteiger partial charge is 0.355 e. The highest BCUT2D eigenvalue weighted by Crippen LogP contribution is 2.48. The molecule has 2 aromatic rings. The van der Waals surface area contributed by atoms with Crippen LogP contribution in [-0.2, 0) is 19.0 Å². The highest BCUT2D eigenvalue weighted by molar-refractivity contribution is 5.80. The van der Waals surface area contributed by atoms with Gasteiger partial charge in [0.2, 0.25) is 0 Å². The molecule has 7 heteroatoms. The molecule has 0 bridgehead atoms. The van der Waals surface area contributed by atoms with E-state index in [1.807, 2.05) is 30.7 Å². The van der Waals surface area contributed by atoms with Gasteiger partial charge in [0, 0.05) is 25.6 Å². The first kappa shape index (κ1) is 18.1. The van der Waals surface area contributed by atoms with E-state index in [0.717, 1.165) is 30.1 Å². The summed E-state index contributed by atoms with van der Waals surface area (Å²) >= 11 is 0. The lowest BCUT2D eigenvalue weighted by atomic mass is 9.95. The Labute approximate surface area is 153 Å². The topological polar surface area (TPSA) is 67.1 Å². The fourth-order valence-electron chi connectivity index (χ4n) is 2.92. The summed E-state index contributed by atoms with van der Waals surface area (Å²) in [5.74, 6) is 2.16. The lowest BCUT2D eigenvalue weighted by Crippen LogP contribution is -2.41. The van der Waals surface area contributed by atoms with E-state index in [-0.39, 0.29) is 11.2 Å². The minimum absolute atomic E-state index is 0.140. The molecule has 0 amide bonds. The number of rotatable bonds is 7. The predicted molar refractivity (Wildman–Crippen MR) is 100 cm³/mol. The van der Waals surface area contributed by atoms with E-state index in [1.54, 1.807) is 12.1 Å². The quantitative estimate of drug-likeness (QED) is 0.453. The Kier molecular flexibility index (Phi) is 5.35. The van der Waals surface area contributed by atoms with Crippen molar-refractivity contribution in [2.24, 2.45) is 12.0 Å². The second-order valence-corrected chi connectivity index (χ2v) is 6.67. The molecule has 0 saturated heterocycles. The zero-order chi connectivity index (χ0) is 18.6. The molecule has 1 fully saturated rings. The number of hydrogen-bond donors (Lipinski definition) is 2. The molecule has 1 saturated carbocycles. The molecular formula is C19H25FN6. The molecule has 1 aliphatic carbocycles. The van der Waals surface area contributed by atoms with Crippen LogP contribution in [0.3, 0.4) is 0 Å². The summed E-state index contributed by atoms with van der Waals surface area (Å²) in [7, 11) is 1.92. The zero-order valence-electron chi connectivity index (χ0n) is 15.3. The second-order valence-electron chi connectivity index (χ2n) is 6.67. The van der Waals surface area contributed by atoms with Gasteiger partial charge in [0.05, 0.1) is 0 Å². The molecular weight excluding hydrogens is 331 g/mol. The third kappa shape index (κ3) is 3.92. The minimum Gasteiger partial charge on any atom is -0.355 e. The number of guanidine groups is 1. The van der Waals surface area contributed by atoms with E-state index in [2.05, 4.69) is 32.4 Å². The first-order valence-corrected chi connectivity index (χ1v) is 8.79. The molecule has 0 aliphatic heterocycles. The van der Waals surface area contributed by atoms with Crippen LogP contribution in [0, 0.1) is 12.7 Å². The number of nitrogens with zero attached hydrogens (tertiary/aromatic N) is 4. The number of aliphatic imine (C=N–C) groups is 1. The Bertz CT molecular complexity index is 806. The maximum atomic E-state index is 14.2. The first-order valence-electron chi connectivity index (χ1n) is 8.79. The lowest BCUT2D eigenvalue weighted by molar-refractivity contribution is 0.560. The van der Waals surface area contributed by atoms with Crippen molar-refractivity contribution in [3.8, 4) is 0 Å². The molecule has 1 aromatic heterocycles. The van der Waals surface area contributed by atoms with Crippen LogP contribution >= 0.6 is 0 Å². The van der Waals surface area contributed by atoms with Crippen LogP contribution < -0.4 is 10.6 Å². The molecule has 2 N–H and O–H groups in total.